The largest absolute Gasteiger partial charge is 0.462 e. The standard InChI is InChI=1S/C36H50O15/c1-11-27(37)44-20-35(21-45-28(38)12-2,22-46-29(39)13-3)19-43-17-33(7,8)50-18-34(9,10)51-26-36(23-47-30(40)14-4,24-48-31(41)15-5)25-49-32(42)16-6/h11-16H,1-6,17-26H2,7-10H3. The van der Waals surface area contributed by atoms with Crippen LogP contribution in [0.2, 0.25) is 0 Å². The Bertz CT molecular complexity index is 1160. The van der Waals surface area contributed by atoms with Gasteiger partial charge in [-0.2, -0.15) is 0 Å². The van der Waals surface area contributed by atoms with E-state index in [0.29, 0.717) is 0 Å². The molecule has 0 saturated carbocycles. The second kappa shape index (κ2) is 22.8. The van der Waals surface area contributed by atoms with E-state index in [0.717, 1.165) is 36.5 Å². The Morgan fingerprint density at radius 2 is 0.608 bits per heavy atom. The highest BCUT2D eigenvalue weighted by atomic mass is 16.6. The first-order valence-corrected chi connectivity index (χ1v) is 15.5. The number of carbonyl (C=O) groups excluding carboxylic acids is 6. The van der Waals surface area contributed by atoms with Gasteiger partial charge in [-0.3, -0.25) is 0 Å². The number of ether oxygens (including phenoxy) is 9. The average molecular weight is 723 g/mol. The molecule has 0 spiro atoms. The van der Waals surface area contributed by atoms with Gasteiger partial charge in [-0.05, 0) is 27.7 Å². The van der Waals surface area contributed by atoms with Crippen molar-refractivity contribution in [3.63, 3.8) is 0 Å². The average Bonchev–Trinajstić information content (AvgIpc) is 3.12. The molecule has 0 aliphatic heterocycles. The van der Waals surface area contributed by atoms with Crippen LogP contribution in [0, 0.1) is 10.8 Å². The Labute approximate surface area is 298 Å². The summed E-state index contributed by atoms with van der Waals surface area (Å²) >= 11 is 0. The summed E-state index contributed by atoms with van der Waals surface area (Å²) in [5.74, 6) is -4.61. The maximum Gasteiger partial charge on any atom is 0.330 e. The van der Waals surface area contributed by atoms with Crippen molar-refractivity contribution >= 4 is 35.8 Å². The Kier molecular flexibility index (Phi) is 20.6. The minimum absolute atomic E-state index is 0.0270. The van der Waals surface area contributed by atoms with Crippen molar-refractivity contribution in [3.8, 4) is 0 Å². The van der Waals surface area contributed by atoms with Gasteiger partial charge in [0.25, 0.3) is 0 Å². The van der Waals surface area contributed by atoms with Gasteiger partial charge in [-0.15, -0.1) is 0 Å². The molecule has 15 nitrogen and oxygen atoms in total. The monoisotopic (exact) mass is 722 g/mol. The summed E-state index contributed by atoms with van der Waals surface area (Å²) in [6.45, 7) is 24.2. The predicted molar refractivity (Wildman–Crippen MR) is 183 cm³/mol. The van der Waals surface area contributed by atoms with Gasteiger partial charge in [0.2, 0.25) is 0 Å². The van der Waals surface area contributed by atoms with Crippen molar-refractivity contribution < 1.29 is 71.4 Å². The fourth-order valence-corrected chi connectivity index (χ4v) is 3.51. The van der Waals surface area contributed by atoms with E-state index in [4.69, 9.17) is 42.6 Å². The van der Waals surface area contributed by atoms with Crippen LogP contribution in [0.3, 0.4) is 0 Å². The summed E-state index contributed by atoms with van der Waals surface area (Å²) in [6.07, 6.45) is 5.65. The second-order valence-electron chi connectivity index (χ2n) is 12.5. The zero-order chi connectivity index (χ0) is 39.1. The second-order valence-corrected chi connectivity index (χ2v) is 12.5. The van der Waals surface area contributed by atoms with Crippen LogP contribution in [0.15, 0.2) is 75.9 Å². The zero-order valence-electron chi connectivity index (χ0n) is 29.9. The van der Waals surface area contributed by atoms with Crippen LogP contribution in [-0.4, -0.2) is 113 Å². The van der Waals surface area contributed by atoms with E-state index in [1.165, 1.54) is 0 Å². The molecule has 0 amide bonds. The number of carbonyl (C=O) groups is 6. The molecular formula is C36H50O15. The molecule has 0 fully saturated rings. The lowest BCUT2D eigenvalue weighted by Gasteiger charge is -2.37. The molecule has 0 radical (unpaired) electrons. The molecule has 0 N–H and O–H groups in total. The van der Waals surface area contributed by atoms with Gasteiger partial charge in [0, 0.05) is 36.5 Å². The summed E-state index contributed by atoms with van der Waals surface area (Å²) in [5, 5.41) is 0. The highest BCUT2D eigenvalue weighted by Gasteiger charge is 2.40. The SMILES string of the molecule is C=CC(=O)OCC(COCC(C)(C)OCC(C)(C)OCC(COC(=O)C=C)(COC(=O)C=C)COC(=O)C=C)(COC(=O)C=C)COC(=O)C=C. The van der Waals surface area contributed by atoms with Crippen LogP contribution in [0.4, 0.5) is 0 Å². The molecule has 0 saturated heterocycles. The lowest BCUT2D eigenvalue weighted by atomic mass is 9.91. The van der Waals surface area contributed by atoms with Gasteiger partial charge in [-0.25, -0.2) is 28.8 Å². The molecule has 0 aromatic carbocycles. The van der Waals surface area contributed by atoms with Crippen LogP contribution < -0.4 is 0 Å². The Balaban J connectivity index is 5.88. The summed E-state index contributed by atoms with van der Waals surface area (Å²) < 4.78 is 49.6. The summed E-state index contributed by atoms with van der Waals surface area (Å²) in [4.78, 5) is 71.4. The highest BCUT2D eigenvalue weighted by Crippen LogP contribution is 2.27. The quantitative estimate of drug-likeness (QED) is 0.0652. The van der Waals surface area contributed by atoms with Crippen molar-refractivity contribution in [1.82, 2.24) is 0 Å². The van der Waals surface area contributed by atoms with Crippen molar-refractivity contribution in [3.05, 3.63) is 75.9 Å². The number of rotatable bonds is 28. The number of hydrogen-bond donors (Lipinski definition) is 0. The molecule has 0 heterocycles. The highest BCUT2D eigenvalue weighted by molar-refractivity contribution is 5.83. The molecule has 284 valence electrons. The van der Waals surface area contributed by atoms with Crippen molar-refractivity contribution in [2.75, 3.05) is 66.1 Å². The van der Waals surface area contributed by atoms with Gasteiger partial charge in [0.1, 0.15) is 39.6 Å². The summed E-state index contributed by atoms with van der Waals surface area (Å²) in [5.41, 5.74) is -4.70. The molecule has 0 rings (SSSR count). The first kappa shape index (κ1) is 46.1. The molecule has 51 heavy (non-hydrogen) atoms. The summed E-state index contributed by atoms with van der Waals surface area (Å²) in [7, 11) is 0. The molecule has 0 bridgehead atoms. The Hall–Kier alpha value is -4.86. The molecule has 15 heteroatoms. The normalized spacial score (nSPS) is 11.5. The van der Waals surface area contributed by atoms with Crippen LogP contribution in [0.1, 0.15) is 27.7 Å². The minimum atomic E-state index is -1.35. The molecule has 0 aromatic heterocycles. The number of hydrogen-bond acceptors (Lipinski definition) is 15. The van der Waals surface area contributed by atoms with Gasteiger partial charge in [0.05, 0.1) is 48.5 Å². The smallest absolute Gasteiger partial charge is 0.330 e. The Morgan fingerprint density at radius 1 is 0.373 bits per heavy atom. The third kappa shape index (κ3) is 19.8. The predicted octanol–water partition coefficient (Wildman–Crippen LogP) is 2.94. The van der Waals surface area contributed by atoms with E-state index in [1.807, 2.05) is 0 Å². The topological polar surface area (TPSA) is 185 Å². The fourth-order valence-electron chi connectivity index (χ4n) is 3.51. The van der Waals surface area contributed by atoms with Gasteiger partial charge < -0.3 is 42.6 Å². The minimum Gasteiger partial charge on any atom is -0.462 e. The van der Waals surface area contributed by atoms with Gasteiger partial charge in [-0.1, -0.05) is 39.5 Å². The van der Waals surface area contributed by atoms with Gasteiger partial charge in [0.15, 0.2) is 0 Å². The third-order valence-corrected chi connectivity index (χ3v) is 6.56. The number of esters is 6. The van der Waals surface area contributed by atoms with E-state index in [9.17, 15) is 28.8 Å². The molecule has 0 aromatic rings. The van der Waals surface area contributed by atoms with Crippen LogP contribution in [0.25, 0.3) is 0 Å². The fraction of sp³-hybridized carbons (Fsp3) is 0.500. The van der Waals surface area contributed by atoms with E-state index in [2.05, 4.69) is 39.5 Å². The summed E-state index contributed by atoms with van der Waals surface area (Å²) in [6, 6.07) is 0. The van der Waals surface area contributed by atoms with E-state index < -0.39 is 57.8 Å². The maximum absolute atomic E-state index is 11.9. The van der Waals surface area contributed by atoms with Crippen molar-refractivity contribution in [1.29, 1.82) is 0 Å². The van der Waals surface area contributed by atoms with Crippen LogP contribution in [-0.2, 0) is 71.4 Å². The Morgan fingerprint density at radius 3 is 0.882 bits per heavy atom. The first-order valence-electron chi connectivity index (χ1n) is 15.5. The molecule has 0 unspecified atom stereocenters. The third-order valence-electron chi connectivity index (χ3n) is 6.56. The lowest BCUT2D eigenvalue weighted by molar-refractivity contribution is -0.183. The zero-order valence-corrected chi connectivity index (χ0v) is 29.9. The van der Waals surface area contributed by atoms with E-state index >= 15 is 0 Å². The van der Waals surface area contributed by atoms with E-state index in [1.54, 1.807) is 27.7 Å². The maximum atomic E-state index is 11.9. The molecule has 0 aliphatic rings. The van der Waals surface area contributed by atoms with Crippen molar-refractivity contribution in [2.45, 2.75) is 38.9 Å². The van der Waals surface area contributed by atoms with Crippen LogP contribution in [0.5, 0.6) is 0 Å². The van der Waals surface area contributed by atoms with Gasteiger partial charge >= 0.3 is 35.8 Å². The first-order chi connectivity index (χ1) is 23.8. The van der Waals surface area contributed by atoms with Crippen molar-refractivity contribution in [2.24, 2.45) is 10.8 Å². The molecule has 0 atom stereocenters. The van der Waals surface area contributed by atoms with Crippen LogP contribution >= 0.6 is 0 Å². The van der Waals surface area contributed by atoms with E-state index in [-0.39, 0.29) is 66.1 Å². The molecule has 0 aliphatic carbocycles. The lowest BCUT2D eigenvalue weighted by Crippen LogP contribution is -2.47. The molecular weight excluding hydrogens is 672 g/mol.